The first-order valence-corrected chi connectivity index (χ1v) is 9.63. The number of nitrogens with one attached hydrogen (secondary N) is 1. The van der Waals surface area contributed by atoms with Crippen LogP contribution in [0.3, 0.4) is 0 Å². The molecule has 150 valence electrons. The molecule has 0 saturated heterocycles. The second kappa shape index (κ2) is 8.82. The first-order valence-electron chi connectivity index (χ1n) is 9.63. The van der Waals surface area contributed by atoms with Crippen molar-refractivity contribution in [3.63, 3.8) is 0 Å². The van der Waals surface area contributed by atoms with E-state index in [4.69, 9.17) is 9.47 Å². The Bertz CT molecular complexity index is 1000. The fourth-order valence-corrected chi connectivity index (χ4v) is 3.41. The zero-order valence-corrected chi connectivity index (χ0v) is 17.6. The van der Waals surface area contributed by atoms with Crippen LogP contribution in [0.15, 0.2) is 54.6 Å². The van der Waals surface area contributed by atoms with Gasteiger partial charge in [-0.25, -0.2) is 0 Å². The molecule has 0 aliphatic carbocycles. The number of hydrogen-bond donors (Lipinski definition) is 1. The highest BCUT2D eigenvalue weighted by molar-refractivity contribution is 6.05. The molecular formula is C25H27NO3. The van der Waals surface area contributed by atoms with Gasteiger partial charge in [0.1, 0.15) is 18.1 Å². The molecule has 0 aliphatic heterocycles. The molecule has 4 heteroatoms. The number of amides is 1. The molecule has 1 N–H and O–H groups in total. The molecule has 29 heavy (non-hydrogen) atoms. The SMILES string of the molecule is COc1ccc(C(=O)Nc2c(C)cccc2C)cc1COc1cc(C)cc(C)c1. The predicted molar refractivity (Wildman–Crippen MR) is 117 cm³/mol. The Morgan fingerprint density at radius 1 is 0.897 bits per heavy atom. The Labute approximate surface area is 172 Å². The number of carbonyl (C=O) groups is 1. The molecule has 0 saturated carbocycles. The van der Waals surface area contributed by atoms with Crippen molar-refractivity contribution in [2.75, 3.05) is 12.4 Å². The van der Waals surface area contributed by atoms with Gasteiger partial charge in [-0.1, -0.05) is 24.3 Å². The Kier molecular flexibility index (Phi) is 6.23. The maximum absolute atomic E-state index is 12.8. The summed E-state index contributed by atoms with van der Waals surface area (Å²) in [7, 11) is 1.62. The van der Waals surface area contributed by atoms with Gasteiger partial charge in [0.05, 0.1) is 7.11 Å². The summed E-state index contributed by atoms with van der Waals surface area (Å²) in [6.07, 6.45) is 0. The molecule has 0 atom stereocenters. The second-order valence-electron chi connectivity index (χ2n) is 7.36. The van der Waals surface area contributed by atoms with Crippen molar-refractivity contribution >= 4 is 11.6 Å². The molecule has 0 bridgehead atoms. The number of para-hydroxylation sites is 1. The molecule has 0 unspecified atom stereocenters. The van der Waals surface area contributed by atoms with Crippen molar-refractivity contribution in [1.29, 1.82) is 0 Å². The Hall–Kier alpha value is -3.27. The second-order valence-corrected chi connectivity index (χ2v) is 7.36. The summed E-state index contributed by atoms with van der Waals surface area (Å²) in [5, 5.41) is 3.03. The molecule has 3 aromatic rings. The molecule has 0 aromatic heterocycles. The Balaban J connectivity index is 1.81. The van der Waals surface area contributed by atoms with Gasteiger partial charge in [-0.3, -0.25) is 4.79 Å². The largest absolute Gasteiger partial charge is 0.496 e. The molecule has 3 rings (SSSR count). The molecule has 0 fully saturated rings. The van der Waals surface area contributed by atoms with Crippen molar-refractivity contribution < 1.29 is 14.3 Å². The maximum atomic E-state index is 12.8. The third-order valence-corrected chi connectivity index (χ3v) is 4.85. The minimum absolute atomic E-state index is 0.155. The minimum Gasteiger partial charge on any atom is -0.496 e. The van der Waals surface area contributed by atoms with Crippen molar-refractivity contribution in [2.45, 2.75) is 34.3 Å². The third kappa shape index (κ3) is 4.96. The molecule has 0 aliphatic rings. The lowest BCUT2D eigenvalue weighted by Crippen LogP contribution is -2.14. The summed E-state index contributed by atoms with van der Waals surface area (Å²) in [6.45, 7) is 8.37. The van der Waals surface area contributed by atoms with E-state index in [9.17, 15) is 4.79 Å². The summed E-state index contributed by atoms with van der Waals surface area (Å²) in [6, 6.07) is 17.4. The highest BCUT2D eigenvalue weighted by Crippen LogP contribution is 2.25. The van der Waals surface area contributed by atoms with E-state index < -0.39 is 0 Å². The van der Waals surface area contributed by atoms with E-state index in [1.807, 2.05) is 64.1 Å². The van der Waals surface area contributed by atoms with Gasteiger partial charge in [0.25, 0.3) is 5.91 Å². The van der Waals surface area contributed by atoms with E-state index in [0.29, 0.717) is 17.9 Å². The molecule has 0 radical (unpaired) electrons. The van der Waals surface area contributed by atoms with Gasteiger partial charge in [-0.2, -0.15) is 0 Å². The van der Waals surface area contributed by atoms with Gasteiger partial charge in [0.2, 0.25) is 0 Å². The number of ether oxygens (including phenoxy) is 2. The topological polar surface area (TPSA) is 47.6 Å². The minimum atomic E-state index is -0.155. The summed E-state index contributed by atoms with van der Waals surface area (Å²) in [4.78, 5) is 12.8. The fourth-order valence-electron chi connectivity index (χ4n) is 3.41. The number of rotatable bonds is 6. The molecular weight excluding hydrogens is 362 g/mol. The summed E-state index contributed by atoms with van der Waals surface area (Å²) < 4.78 is 11.4. The van der Waals surface area contributed by atoms with E-state index >= 15 is 0 Å². The molecule has 0 heterocycles. The number of carbonyl (C=O) groups excluding carboxylic acids is 1. The smallest absolute Gasteiger partial charge is 0.255 e. The lowest BCUT2D eigenvalue weighted by atomic mass is 10.1. The lowest BCUT2D eigenvalue weighted by molar-refractivity contribution is 0.102. The van der Waals surface area contributed by atoms with Crippen LogP contribution in [-0.4, -0.2) is 13.0 Å². The van der Waals surface area contributed by atoms with Crippen LogP contribution in [0.4, 0.5) is 5.69 Å². The molecule has 3 aromatic carbocycles. The highest BCUT2D eigenvalue weighted by atomic mass is 16.5. The van der Waals surface area contributed by atoms with Gasteiger partial charge in [-0.05, 0) is 80.3 Å². The first-order chi connectivity index (χ1) is 13.9. The molecule has 0 spiro atoms. The van der Waals surface area contributed by atoms with Crippen LogP contribution >= 0.6 is 0 Å². The van der Waals surface area contributed by atoms with Crippen LogP contribution < -0.4 is 14.8 Å². The average Bonchev–Trinajstić information content (AvgIpc) is 2.68. The Morgan fingerprint density at radius 3 is 2.17 bits per heavy atom. The van der Waals surface area contributed by atoms with Crippen LogP contribution in [-0.2, 0) is 6.61 Å². The number of methoxy groups -OCH3 is 1. The maximum Gasteiger partial charge on any atom is 0.255 e. The highest BCUT2D eigenvalue weighted by Gasteiger charge is 2.13. The van der Waals surface area contributed by atoms with E-state index in [-0.39, 0.29) is 5.91 Å². The van der Waals surface area contributed by atoms with E-state index in [2.05, 4.69) is 11.4 Å². The van der Waals surface area contributed by atoms with Gasteiger partial charge >= 0.3 is 0 Å². The van der Waals surface area contributed by atoms with Gasteiger partial charge in [0.15, 0.2) is 0 Å². The number of aryl methyl sites for hydroxylation is 4. The monoisotopic (exact) mass is 389 g/mol. The van der Waals surface area contributed by atoms with Crippen molar-refractivity contribution in [3.8, 4) is 11.5 Å². The zero-order valence-electron chi connectivity index (χ0n) is 17.6. The third-order valence-electron chi connectivity index (χ3n) is 4.85. The Morgan fingerprint density at radius 2 is 1.55 bits per heavy atom. The van der Waals surface area contributed by atoms with Gasteiger partial charge < -0.3 is 14.8 Å². The molecule has 4 nitrogen and oxygen atoms in total. The summed E-state index contributed by atoms with van der Waals surface area (Å²) in [5.41, 5.74) is 6.59. The van der Waals surface area contributed by atoms with Crippen LogP contribution in [0.1, 0.15) is 38.2 Å². The molecule has 1 amide bonds. The predicted octanol–water partition coefficient (Wildman–Crippen LogP) is 5.76. The summed E-state index contributed by atoms with van der Waals surface area (Å²) in [5.74, 6) is 1.34. The average molecular weight is 389 g/mol. The lowest BCUT2D eigenvalue weighted by Gasteiger charge is -2.14. The van der Waals surface area contributed by atoms with Gasteiger partial charge in [0, 0.05) is 16.8 Å². The van der Waals surface area contributed by atoms with Crippen molar-refractivity contribution in [2.24, 2.45) is 0 Å². The van der Waals surface area contributed by atoms with Crippen LogP contribution in [0.5, 0.6) is 11.5 Å². The standard InChI is InChI=1S/C25H27NO3/c1-16-11-17(2)13-22(12-16)29-15-21-14-20(9-10-23(21)28-5)25(27)26-24-18(3)7-6-8-19(24)4/h6-14H,15H2,1-5H3,(H,26,27). The van der Waals surface area contributed by atoms with Crippen LogP contribution in [0, 0.1) is 27.7 Å². The van der Waals surface area contributed by atoms with Crippen molar-refractivity contribution in [3.05, 3.63) is 88.0 Å². The van der Waals surface area contributed by atoms with Crippen LogP contribution in [0.2, 0.25) is 0 Å². The number of hydrogen-bond acceptors (Lipinski definition) is 3. The summed E-state index contributed by atoms with van der Waals surface area (Å²) >= 11 is 0. The normalized spacial score (nSPS) is 10.5. The first kappa shape index (κ1) is 20.5. The van der Waals surface area contributed by atoms with Crippen molar-refractivity contribution in [1.82, 2.24) is 0 Å². The van der Waals surface area contributed by atoms with E-state index in [1.165, 1.54) is 0 Å². The quantitative estimate of drug-likeness (QED) is 0.583. The fraction of sp³-hybridized carbons (Fsp3) is 0.240. The van der Waals surface area contributed by atoms with Crippen LogP contribution in [0.25, 0.3) is 0 Å². The number of anilines is 1. The van der Waals surface area contributed by atoms with E-state index in [0.717, 1.165) is 39.3 Å². The van der Waals surface area contributed by atoms with Gasteiger partial charge in [-0.15, -0.1) is 0 Å². The number of benzene rings is 3. The zero-order chi connectivity index (χ0) is 21.0. The van der Waals surface area contributed by atoms with E-state index in [1.54, 1.807) is 19.2 Å².